The van der Waals surface area contributed by atoms with Gasteiger partial charge in [-0.1, -0.05) is 19.1 Å². The van der Waals surface area contributed by atoms with E-state index in [0.29, 0.717) is 5.75 Å². The van der Waals surface area contributed by atoms with Crippen LogP contribution in [0.3, 0.4) is 0 Å². The molecule has 0 spiro atoms. The molecule has 0 aromatic heterocycles. The summed E-state index contributed by atoms with van der Waals surface area (Å²) in [5.74, 6) is 0.207. The van der Waals surface area contributed by atoms with Crippen molar-refractivity contribution in [1.82, 2.24) is 0 Å². The number of ether oxygens (including phenoxy) is 3. The molecular weight excluding hydrogens is 299 g/mol. The first-order chi connectivity index (χ1) is 11.0. The number of benzene rings is 2. The molecule has 5 heteroatoms. The van der Waals surface area contributed by atoms with Crippen LogP contribution in [-0.2, 0) is 17.8 Å². The van der Waals surface area contributed by atoms with Crippen LogP contribution in [0.2, 0.25) is 0 Å². The third-order valence-corrected chi connectivity index (χ3v) is 3.51. The molecule has 2 rings (SSSR count). The first kappa shape index (κ1) is 16.8. The van der Waals surface area contributed by atoms with E-state index in [1.807, 2.05) is 25.1 Å². The van der Waals surface area contributed by atoms with Crippen molar-refractivity contribution < 1.29 is 23.4 Å². The van der Waals surface area contributed by atoms with E-state index in [9.17, 15) is 9.18 Å². The highest BCUT2D eigenvalue weighted by Gasteiger charge is 2.14. The molecule has 2 aromatic carbocycles. The third kappa shape index (κ3) is 4.22. The standard InChI is InChI=1S/C18H19FO4/c1-4-13-8-9-14(10-12(13)2)22-11-15-16(19)6-5-7-17(15)23-18(20)21-3/h5-10H,4,11H2,1-3H3. The minimum Gasteiger partial charge on any atom is -0.489 e. The first-order valence-electron chi connectivity index (χ1n) is 7.30. The Morgan fingerprint density at radius 1 is 1.22 bits per heavy atom. The lowest BCUT2D eigenvalue weighted by Crippen LogP contribution is -2.11. The van der Waals surface area contributed by atoms with Gasteiger partial charge in [-0.3, -0.25) is 0 Å². The van der Waals surface area contributed by atoms with Crippen LogP contribution >= 0.6 is 0 Å². The fourth-order valence-electron chi connectivity index (χ4n) is 2.22. The molecule has 0 atom stereocenters. The Labute approximate surface area is 134 Å². The highest BCUT2D eigenvalue weighted by atomic mass is 19.1. The highest BCUT2D eigenvalue weighted by molar-refractivity contribution is 5.64. The Morgan fingerprint density at radius 2 is 2.00 bits per heavy atom. The van der Waals surface area contributed by atoms with Gasteiger partial charge in [0, 0.05) is 0 Å². The van der Waals surface area contributed by atoms with E-state index >= 15 is 0 Å². The van der Waals surface area contributed by atoms with E-state index in [2.05, 4.69) is 11.7 Å². The fourth-order valence-corrected chi connectivity index (χ4v) is 2.22. The molecule has 0 saturated carbocycles. The van der Waals surface area contributed by atoms with Crippen molar-refractivity contribution in [2.24, 2.45) is 0 Å². The molecule has 0 heterocycles. The largest absolute Gasteiger partial charge is 0.513 e. The molecule has 122 valence electrons. The average molecular weight is 318 g/mol. The molecule has 0 radical (unpaired) electrons. The SMILES string of the molecule is CCc1ccc(OCc2c(F)cccc2OC(=O)OC)cc1C. The lowest BCUT2D eigenvalue weighted by atomic mass is 10.1. The predicted octanol–water partition coefficient (Wildman–Crippen LogP) is 4.42. The Kier molecular flexibility index (Phi) is 5.57. The van der Waals surface area contributed by atoms with E-state index in [4.69, 9.17) is 9.47 Å². The van der Waals surface area contributed by atoms with Gasteiger partial charge in [-0.2, -0.15) is 0 Å². The van der Waals surface area contributed by atoms with Gasteiger partial charge in [0.05, 0.1) is 12.7 Å². The van der Waals surface area contributed by atoms with Crippen molar-refractivity contribution in [3.05, 3.63) is 58.9 Å². The average Bonchev–Trinajstić information content (AvgIpc) is 2.54. The number of carbonyl (C=O) groups is 1. The number of halogens is 1. The van der Waals surface area contributed by atoms with E-state index < -0.39 is 12.0 Å². The van der Waals surface area contributed by atoms with Crippen LogP contribution in [0.5, 0.6) is 11.5 Å². The van der Waals surface area contributed by atoms with E-state index in [1.54, 1.807) is 0 Å². The van der Waals surface area contributed by atoms with Crippen LogP contribution < -0.4 is 9.47 Å². The quantitative estimate of drug-likeness (QED) is 0.604. The summed E-state index contributed by atoms with van der Waals surface area (Å²) < 4.78 is 29.0. The Bertz CT molecular complexity index is 697. The van der Waals surface area contributed by atoms with Crippen molar-refractivity contribution in [1.29, 1.82) is 0 Å². The van der Waals surface area contributed by atoms with Gasteiger partial charge in [-0.25, -0.2) is 9.18 Å². The van der Waals surface area contributed by atoms with Gasteiger partial charge in [0.1, 0.15) is 23.9 Å². The molecule has 0 aliphatic rings. The monoisotopic (exact) mass is 318 g/mol. The number of carbonyl (C=O) groups excluding carboxylic acids is 1. The zero-order chi connectivity index (χ0) is 16.8. The van der Waals surface area contributed by atoms with E-state index in [1.165, 1.54) is 30.9 Å². The van der Waals surface area contributed by atoms with Crippen molar-refractivity contribution in [2.75, 3.05) is 7.11 Å². The van der Waals surface area contributed by atoms with Crippen LogP contribution in [0.15, 0.2) is 36.4 Å². The van der Waals surface area contributed by atoms with Gasteiger partial charge in [0.2, 0.25) is 0 Å². The van der Waals surface area contributed by atoms with Gasteiger partial charge in [0.25, 0.3) is 0 Å². The van der Waals surface area contributed by atoms with Crippen LogP contribution in [-0.4, -0.2) is 13.3 Å². The second kappa shape index (κ2) is 7.63. The molecule has 2 aromatic rings. The highest BCUT2D eigenvalue weighted by Crippen LogP contribution is 2.25. The van der Waals surface area contributed by atoms with Crippen LogP contribution in [0.4, 0.5) is 9.18 Å². The zero-order valence-corrected chi connectivity index (χ0v) is 13.4. The van der Waals surface area contributed by atoms with Crippen molar-refractivity contribution in [3.8, 4) is 11.5 Å². The maximum absolute atomic E-state index is 14.0. The fraction of sp³-hybridized carbons (Fsp3) is 0.278. The zero-order valence-electron chi connectivity index (χ0n) is 13.4. The molecule has 0 unspecified atom stereocenters. The lowest BCUT2D eigenvalue weighted by Gasteiger charge is -2.12. The normalized spacial score (nSPS) is 10.3. The molecule has 23 heavy (non-hydrogen) atoms. The van der Waals surface area contributed by atoms with Gasteiger partial charge in [0.15, 0.2) is 0 Å². The molecule has 0 aliphatic heterocycles. The summed E-state index contributed by atoms with van der Waals surface area (Å²) in [6, 6.07) is 9.96. The smallest absolute Gasteiger partial charge is 0.489 e. The number of hydrogen-bond donors (Lipinski definition) is 0. The molecule has 0 amide bonds. The minimum atomic E-state index is -0.903. The molecular formula is C18H19FO4. The molecule has 0 saturated heterocycles. The van der Waals surface area contributed by atoms with Gasteiger partial charge >= 0.3 is 6.16 Å². The summed E-state index contributed by atoms with van der Waals surface area (Å²) in [5.41, 5.74) is 2.51. The third-order valence-electron chi connectivity index (χ3n) is 3.51. The van der Waals surface area contributed by atoms with Crippen LogP contribution in [0.25, 0.3) is 0 Å². The molecule has 0 aliphatic carbocycles. The maximum Gasteiger partial charge on any atom is 0.513 e. The molecule has 0 N–H and O–H groups in total. The summed E-state index contributed by atoms with van der Waals surface area (Å²) in [6.07, 6.45) is 0.0382. The minimum absolute atomic E-state index is 0.0517. The van der Waals surface area contributed by atoms with Gasteiger partial charge in [-0.15, -0.1) is 0 Å². The van der Waals surface area contributed by atoms with Crippen LogP contribution in [0.1, 0.15) is 23.6 Å². The topological polar surface area (TPSA) is 44.8 Å². The van der Waals surface area contributed by atoms with Crippen molar-refractivity contribution >= 4 is 6.16 Å². The second-order valence-corrected chi connectivity index (χ2v) is 5.00. The number of methoxy groups -OCH3 is 1. The summed E-state index contributed by atoms with van der Waals surface area (Å²) >= 11 is 0. The Hall–Kier alpha value is -2.56. The van der Waals surface area contributed by atoms with Gasteiger partial charge in [-0.05, 0) is 48.7 Å². The number of aryl methyl sites for hydroxylation is 2. The molecule has 0 bridgehead atoms. The number of rotatable bonds is 5. The second-order valence-electron chi connectivity index (χ2n) is 5.00. The van der Waals surface area contributed by atoms with Crippen LogP contribution in [0, 0.1) is 12.7 Å². The van der Waals surface area contributed by atoms with Crippen molar-refractivity contribution in [2.45, 2.75) is 26.9 Å². The van der Waals surface area contributed by atoms with E-state index in [0.717, 1.165) is 12.0 Å². The Balaban J connectivity index is 2.16. The Morgan fingerprint density at radius 3 is 2.65 bits per heavy atom. The summed E-state index contributed by atoms with van der Waals surface area (Å²) in [5, 5.41) is 0. The molecule has 0 fully saturated rings. The lowest BCUT2D eigenvalue weighted by molar-refractivity contribution is 0.120. The predicted molar refractivity (Wildman–Crippen MR) is 84.3 cm³/mol. The summed E-state index contributed by atoms with van der Waals surface area (Å²) in [6.45, 7) is 4.03. The molecule has 4 nitrogen and oxygen atoms in total. The summed E-state index contributed by atoms with van der Waals surface area (Å²) in [7, 11) is 1.19. The van der Waals surface area contributed by atoms with E-state index in [-0.39, 0.29) is 17.9 Å². The maximum atomic E-state index is 14.0. The first-order valence-corrected chi connectivity index (χ1v) is 7.30. The number of hydrogen-bond acceptors (Lipinski definition) is 4. The van der Waals surface area contributed by atoms with Crippen molar-refractivity contribution in [3.63, 3.8) is 0 Å². The van der Waals surface area contributed by atoms with Gasteiger partial charge < -0.3 is 14.2 Å². The summed E-state index contributed by atoms with van der Waals surface area (Å²) in [4.78, 5) is 11.2.